The second kappa shape index (κ2) is 5.65. The van der Waals surface area contributed by atoms with Crippen LogP contribution >= 0.6 is 0 Å². The molecule has 2 aliphatic rings. The van der Waals surface area contributed by atoms with Gasteiger partial charge >= 0.3 is 5.97 Å². The van der Waals surface area contributed by atoms with Crippen molar-refractivity contribution in [3.05, 3.63) is 35.5 Å². The van der Waals surface area contributed by atoms with Crippen molar-refractivity contribution in [3.63, 3.8) is 0 Å². The summed E-state index contributed by atoms with van der Waals surface area (Å²) in [5.41, 5.74) is 3.91. The second-order valence-corrected chi connectivity index (χ2v) is 6.72. The van der Waals surface area contributed by atoms with Crippen LogP contribution in [0.1, 0.15) is 23.5 Å². The third-order valence-electron chi connectivity index (χ3n) is 5.39. The van der Waals surface area contributed by atoms with E-state index in [1.54, 1.807) is 0 Å². The molecule has 0 amide bonds. The van der Waals surface area contributed by atoms with Crippen LogP contribution in [-0.2, 0) is 16.0 Å². The van der Waals surface area contributed by atoms with Crippen molar-refractivity contribution < 1.29 is 14.6 Å². The first-order valence-electron chi connectivity index (χ1n) is 8.25. The molecule has 1 aliphatic carbocycles. The Labute approximate surface area is 135 Å². The molecule has 122 valence electrons. The molecule has 1 saturated heterocycles. The molecule has 2 N–H and O–H groups in total. The maximum atomic E-state index is 12.2. The SMILES string of the molecule is CN1CC(C(=O)OCCO)CC2c3cccc4[nH]cc(c34)CC21. The molecule has 0 spiro atoms. The van der Waals surface area contributed by atoms with Gasteiger partial charge < -0.3 is 19.7 Å². The van der Waals surface area contributed by atoms with Gasteiger partial charge in [0.2, 0.25) is 0 Å². The number of aliphatic hydroxyl groups excluding tert-OH is 1. The standard InChI is InChI=1S/C18H22N2O3/c1-20-10-12(18(22)23-6-5-21)7-14-13-3-2-4-15-17(13)11(9-19-15)8-16(14)20/h2-4,9,12,14,16,19,21H,5-8,10H2,1H3. The largest absolute Gasteiger partial charge is 0.463 e. The fraction of sp³-hybridized carbons (Fsp3) is 0.500. The molecular formula is C18H22N2O3. The lowest BCUT2D eigenvalue weighted by molar-refractivity contribution is -0.152. The van der Waals surface area contributed by atoms with Gasteiger partial charge in [0.15, 0.2) is 0 Å². The first kappa shape index (κ1) is 14.7. The number of carbonyl (C=O) groups excluding carboxylic acids is 1. The molecule has 2 heterocycles. The van der Waals surface area contributed by atoms with Crippen molar-refractivity contribution in [1.29, 1.82) is 0 Å². The zero-order valence-corrected chi connectivity index (χ0v) is 13.3. The Morgan fingerprint density at radius 3 is 3.17 bits per heavy atom. The number of hydrogen-bond acceptors (Lipinski definition) is 4. The van der Waals surface area contributed by atoms with Crippen molar-refractivity contribution in [2.45, 2.75) is 24.8 Å². The Balaban J connectivity index is 1.67. The van der Waals surface area contributed by atoms with Gasteiger partial charge in [-0.3, -0.25) is 4.79 Å². The van der Waals surface area contributed by atoms with Crippen LogP contribution in [0.15, 0.2) is 24.4 Å². The number of benzene rings is 1. The maximum Gasteiger partial charge on any atom is 0.310 e. The smallest absolute Gasteiger partial charge is 0.310 e. The normalized spacial score (nSPS) is 27.0. The lowest BCUT2D eigenvalue weighted by Gasteiger charge is -2.44. The molecular weight excluding hydrogens is 292 g/mol. The predicted molar refractivity (Wildman–Crippen MR) is 87.3 cm³/mol. The zero-order chi connectivity index (χ0) is 16.0. The highest BCUT2D eigenvalue weighted by Crippen LogP contribution is 2.44. The van der Waals surface area contributed by atoms with E-state index in [0.29, 0.717) is 12.0 Å². The number of aromatic nitrogens is 1. The number of fused-ring (bicyclic) bond motifs is 2. The van der Waals surface area contributed by atoms with Crippen LogP contribution in [0.25, 0.3) is 10.9 Å². The van der Waals surface area contributed by atoms with Crippen molar-refractivity contribution >= 4 is 16.9 Å². The molecule has 1 aliphatic heterocycles. The topological polar surface area (TPSA) is 65.6 Å². The molecule has 1 aromatic heterocycles. The number of likely N-dealkylation sites (N-methyl/N-ethyl adjacent to an activating group) is 1. The van der Waals surface area contributed by atoms with Crippen molar-refractivity contribution in [2.24, 2.45) is 5.92 Å². The lowest BCUT2D eigenvalue weighted by atomic mass is 9.72. The minimum atomic E-state index is -0.184. The number of hydrogen-bond donors (Lipinski definition) is 2. The van der Waals surface area contributed by atoms with E-state index in [1.807, 2.05) is 0 Å². The summed E-state index contributed by atoms with van der Waals surface area (Å²) in [6, 6.07) is 6.84. The summed E-state index contributed by atoms with van der Waals surface area (Å²) in [5.74, 6) is 0.0485. The molecule has 3 unspecified atom stereocenters. The number of nitrogens with one attached hydrogen (secondary N) is 1. The van der Waals surface area contributed by atoms with Gasteiger partial charge in [-0.05, 0) is 37.1 Å². The summed E-state index contributed by atoms with van der Waals surface area (Å²) < 4.78 is 5.16. The Morgan fingerprint density at radius 1 is 1.48 bits per heavy atom. The van der Waals surface area contributed by atoms with Gasteiger partial charge in [0.05, 0.1) is 12.5 Å². The van der Waals surface area contributed by atoms with Crippen molar-refractivity contribution in [3.8, 4) is 0 Å². The number of nitrogens with zero attached hydrogens (tertiary/aromatic N) is 1. The van der Waals surface area contributed by atoms with Gasteiger partial charge in [-0.25, -0.2) is 0 Å². The van der Waals surface area contributed by atoms with Crippen LogP contribution in [0.4, 0.5) is 0 Å². The quantitative estimate of drug-likeness (QED) is 0.846. The van der Waals surface area contributed by atoms with E-state index in [0.717, 1.165) is 19.4 Å². The molecule has 0 radical (unpaired) electrons. The Hall–Kier alpha value is -1.85. The number of ether oxygens (including phenoxy) is 1. The Morgan fingerprint density at radius 2 is 2.35 bits per heavy atom. The Bertz CT molecular complexity index is 739. The van der Waals surface area contributed by atoms with E-state index in [9.17, 15) is 4.79 Å². The molecule has 3 atom stereocenters. The van der Waals surface area contributed by atoms with Crippen LogP contribution in [0, 0.1) is 5.92 Å². The summed E-state index contributed by atoms with van der Waals surface area (Å²) >= 11 is 0. The summed E-state index contributed by atoms with van der Waals surface area (Å²) in [4.78, 5) is 17.9. The molecule has 0 bridgehead atoms. The number of aliphatic hydroxyl groups is 1. The molecule has 2 aromatic rings. The van der Waals surface area contributed by atoms with Crippen LogP contribution in [0.3, 0.4) is 0 Å². The van der Waals surface area contributed by atoms with Crippen molar-refractivity contribution in [2.75, 3.05) is 26.8 Å². The fourth-order valence-electron chi connectivity index (χ4n) is 4.38. The number of rotatable bonds is 3. The number of aromatic amines is 1. The molecule has 5 nitrogen and oxygen atoms in total. The number of H-pyrrole nitrogens is 1. The summed E-state index contributed by atoms with van der Waals surface area (Å²) in [5, 5.41) is 10.2. The molecule has 1 fully saturated rings. The highest BCUT2D eigenvalue weighted by Gasteiger charge is 2.41. The zero-order valence-electron chi connectivity index (χ0n) is 13.3. The number of likely N-dealkylation sites (tertiary alicyclic amines) is 1. The van der Waals surface area contributed by atoms with E-state index < -0.39 is 0 Å². The lowest BCUT2D eigenvalue weighted by Crippen LogP contribution is -2.49. The van der Waals surface area contributed by atoms with Gasteiger partial charge in [-0.15, -0.1) is 0 Å². The number of piperidine rings is 1. The van der Waals surface area contributed by atoms with Crippen molar-refractivity contribution in [1.82, 2.24) is 9.88 Å². The molecule has 1 aromatic carbocycles. The van der Waals surface area contributed by atoms with Gasteiger partial charge in [0.1, 0.15) is 6.61 Å². The van der Waals surface area contributed by atoms with E-state index in [1.165, 1.54) is 22.0 Å². The van der Waals surface area contributed by atoms with Gasteiger partial charge in [-0.1, -0.05) is 12.1 Å². The van der Waals surface area contributed by atoms with E-state index in [2.05, 4.69) is 41.3 Å². The number of carbonyl (C=O) groups is 1. The Kier molecular flexibility index (Phi) is 3.62. The number of esters is 1. The molecule has 4 rings (SSSR count). The third-order valence-corrected chi connectivity index (χ3v) is 5.39. The fourth-order valence-corrected chi connectivity index (χ4v) is 4.38. The van der Waals surface area contributed by atoms with E-state index in [4.69, 9.17) is 9.84 Å². The van der Waals surface area contributed by atoms with Crippen LogP contribution < -0.4 is 0 Å². The highest BCUT2D eigenvalue weighted by atomic mass is 16.5. The molecule has 23 heavy (non-hydrogen) atoms. The van der Waals surface area contributed by atoms with Gasteiger partial charge in [-0.2, -0.15) is 0 Å². The first-order chi connectivity index (χ1) is 11.2. The average Bonchev–Trinajstić information content (AvgIpc) is 2.98. The second-order valence-electron chi connectivity index (χ2n) is 6.72. The van der Waals surface area contributed by atoms with Crippen LogP contribution in [-0.4, -0.2) is 53.8 Å². The summed E-state index contributed by atoms with van der Waals surface area (Å²) in [7, 11) is 2.10. The minimum Gasteiger partial charge on any atom is -0.463 e. The van der Waals surface area contributed by atoms with E-state index in [-0.39, 0.29) is 25.1 Å². The summed E-state index contributed by atoms with van der Waals surface area (Å²) in [6.45, 7) is 0.693. The predicted octanol–water partition coefficient (Wildman–Crippen LogP) is 1.66. The minimum absolute atomic E-state index is 0.0880. The van der Waals surface area contributed by atoms with Gasteiger partial charge in [0, 0.05) is 35.6 Å². The van der Waals surface area contributed by atoms with Crippen LogP contribution in [0.2, 0.25) is 0 Å². The molecule has 5 heteroatoms. The van der Waals surface area contributed by atoms with Crippen LogP contribution in [0.5, 0.6) is 0 Å². The summed E-state index contributed by atoms with van der Waals surface area (Å²) in [6.07, 6.45) is 3.97. The third kappa shape index (κ3) is 2.35. The highest BCUT2D eigenvalue weighted by molar-refractivity contribution is 5.88. The molecule has 0 saturated carbocycles. The average molecular weight is 314 g/mol. The van der Waals surface area contributed by atoms with E-state index >= 15 is 0 Å². The van der Waals surface area contributed by atoms with Gasteiger partial charge in [0.25, 0.3) is 0 Å². The monoisotopic (exact) mass is 314 g/mol. The maximum absolute atomic E-state index is 12.2. The first-order valence-corrected chi connectivity index (χ1v) is 8.25.